The van der Waals surface area contributed by atoms with Gasteiger partial charge in [-0.1, -0.05) is 74.5 Å². The Bertz CT molecular complexity index is 378. The SMILES string of the molecule is CC(P)C(C)P.c1ccc(-c2ccccc2)cc1. The van der Waals surface area contributed by atoms with Crippen molar-refractivity contribution in [3.63, 3.8) is 0 Å². The molecule has 0 fully saturated rings. The highest BCUT2D eigenvalue weighted by Crippen LogP contribution is 2.17. The molecule has 2 heteroatoms. The van der Waals surface area contributed by atoms with E-state index in [4.69, 9.17) is 0 Å². The van der Waals surface area contributed by atoms with Gasteiger partial charge < -0.3 is 0 Å². The summed E-state index contributed by atoms with van der Waals surface area (Å²) in [6.45, 7) is 4.37. The molecule has 0 nitrogen and oxygen atoms in total. The minimum absolute atomic E-state index is 0.731. The van der Waals surface area contributed by atoms with Crippen LogP contribution in [-0.2, 0) is 0 Å². The van der Waals surface area contributed by atoms with Gasteiger partial charge in [-0.2, -0.15) is 0 Å². The predicted octanol–water partition coefficient (Wildman–Crippen LogP) is 4.87. The molecule has 0 N–H and O–H groups in total. The van der Waals surface area contributed by atoms with E-state index in [1.165, 1.54) is 11.1 Å². The molecule has 0 saturated heterocycles. The largest absolute Gasteiger partial charge is 0.134 e. The molecular formula is C16H22P2. The second-order valence-corrected chi connectivity index (χ2v) is 6.55. The van der Waals surface area contributed by atoms with Crippen molar-refractivity contribution < 1.29 is 0 Å². The van der Waals surface area contributed by atoms with Gasteiger partial charge in [-0.05, 0) is 22.4 Å². The van der Waals surface area contributed by atoms with Gasteiger partial charge in [-0.3, -0.25) is 0 Å². The summed E-state index contributed by atoms with van der Waals surface area (Å²) in [5.41, 5.74) is 4.01. The molecule has 0 spiro atoms. The Morgan fingerprint density at radius 1 is 0.611 bits per heavy atom. The summed E-state index contributed by atoms with van der Waals surface area (Å²) < 4.78 is 0. The molecule has 0 aliphatic carbocycles. The molecule has 0 amide bonds. The summed E-state index contributed by atoms with van der Waals surface area (Å²) in [5, 5.41) is 0. The zero-order valence-electron chi connectivity index (χ0n) is 11.1. The zero-order valence-corrected chi connectivity index (χ0v) is 13.4. The first-order valence-electron chi connectivity index (χ1n) is 6.23. The summed E-state index contributed by atoms with van der Waals surface area (Å²) in [6.07, 6.45) is 0. The molecule has 0 heterocycles. The van der Waals surface area contributed by atoms with Gasteiger partial charge >= 0.3 is 0 Å². The molecule has 0 saturated carbocycles. The number of hydrogen-bond donors (Lipinski definition) is 0. The number of benzene rings is 2. The van der Waals surface area contributed by atoms with Crippen molar-refractivity contribution in [3.05, 3.63) is 60.7 Å². The lowest BCUT2D eigenvalue weighted by atomic mass is 10.1. The van der Waals surface area contributed by atoms with Crippen molar-refractivity contribution in [2.24, 2.45) is 0 Å². The van der Waals surface area contributed by atoms with Crippen LogP contribution in [0.4, 0.5) is 0 Å². The van der Waals surface area contributed by atoms with Crippen molar-refractivity contribution in [1.82, 2.24) is 0 Å². The lowest BCUT2D eigenvalue weighted by molar-refractivity contribution is 0.930. The van der Waals surface area contributed by atoms with Crippen LogP contribution in [0.5, 0.6) is 0 Å². The minimum Gasteiger partial charge on any atom is -0.134 e. The highest BCUT2D eigenvalue weighted by Gasteiger charge is 1.96. The molecule has 4 unspecified atom stereocenters. The molecule has 2 rings (SSSR count). The Morgan fingerprint density at radius 3 is 1.11 bits per heavy atom. The van der Waals surface area contributed by atoms with Gasteiger partial charge in [0.15, 0.2) is 0 Å². The smallest absolute Gasteiger partial charge is 0.0184 e. The van der Waals surface area contributed by atoms with E-state index < -0.39 is 0 Å². The van der Waals surface area contributed by atoms with Crippen molar-refractivity contribution in [2.75, 3.05) is 0 Å². The van der Waals surface area contributed by atoms with E-state index in [0.717, 1.165) is 11.3 Å². The highest BCUT2D eigenvalue weighted by atomic mass is 31.0. The second-order valence-electron chi connectivity index (χ2n) is 4.45. The van der Waals surface area contributed by atoms with Crippen LogP contribution in [0.25, 0.3) is 11.1 Å². The third kappa shape index (κ3) is 5.76. The summed E-state index contributed by atoms with van der Waals surface area (Å²) in [5.74, 6) is 0. The lowest BCUT2D eigenvalue weighted by Gasteiger charge is -2.05. The predicted molar refractivity (Wildman–Crippen MR) is 90.2 cm³/mol. The maximum atomic E-state index is 2.75. The molecule has 18 heavy (non-hydrogen) atoms. The third-order valence-corrected chi connectivity index (χ3v) is 4.37. The first-order chi connectivity index (χ1) is 8.61. The van der Waals surface area contributed by atoms with Crippen LogP contribution >= 0.6 is 18.5 Å². The Morgan fingerprint density at radius 2 is 0.889 bits per heavy atom. The van der Waals surface area contributed by atoms with Crippen LogP contribution in [0, 0.1) is 0 Å². The molecule has 2 aromatic rings. The van der Waals surface area contributed by atoms with Gasteiger partial charge in [-0.15, -0.1) is 18.5 Å². The van der Waals surface area contributed by atoms with Crippen LogP contribution in [0.3, 0.4) is 0 Å². The van der Waals surface area contributed by atoms with E-state index in [-0.39, 0.29) is 0 Å². The van der Waals surface area contributed by atoms with E-state index in [9.17, 15) is 0 Å². The maximum absolute atomic E-state index is 2.75. The lowest BCUT2D eigenvalue weighted by Crippen LogP contribution is -2.01. The van der Waals surface area contributed by atoms with Crippen LogP contribution in [0.2, 0.25) is 0 Å². The van der Waals surface area contributed by atoms with E-state index >= 15 is 0 Å². The van der Waals surface area contributed by atoms with Gasteiger partial charge in [0.05, 0.1) is 0 Å². The molecule has 0 bridgehead atoms. The maximum Gasteiger partial charge on any atom is -0.0184 e. The number of rotatable bonds is 2. The molecule has 0 aromatic heterocycles. The van der Waals surface area contributed by atoms with Gasteiger partial charge in [0.1, 0.15) is 0 Å². The quantitative estimate of drug-likeness (QED) is 0.687. The monoisotopic (exact) mass is 276 g/mol. The molecule has 0 radical (unpaired) electrons. The van der Waals surface area contributed by atoms with E-state index in [1.54, 1.807) is 0 Å². The summed E-state index contributed by atoms with van der Waals surface area (Å²) >= 11 is 0. The molecule has 4 atom stereocenters. The van der Waals surface area contributed by atoms with Crippen molar-refractivity contribution >= 4 is 18.5 Å². The average Bonchev–Trinajstić information content (AvgIpc) is 2.41. The topological polar surface area (TPSA) is 0 Å². The van der Waals surface area contributed by atoms with Gasteiger partial charge in [0, 0.05) is 0 Å². The Kier molecular flexibility index (Phi) is 7.18. The van der Waals surface area contributed by atoms with Crippen LogP contribution < -0.4 is 0 Å². The molecular weight excluding hydrogens is 254 g/mol. The second kappa shape index (κ2) is 8.41. The number of hydrogen-bond acceptors (Lipinski definition) is 0. The molecule has 96 valence electrons. The van der Waals surface area contributed by atoms with E-state index in [2.05, 4.69) is 80.9 Å². The van der Waals surface area contributed by atoms with Crippen LogP contribution in [0.15, 0.2) is 60.7 Å². The first-order valence-corrected chi connectivity index (χ1v) is 7.56. The Balaban J connectivity index is 0.000000232. The molecule has 0 aliphatic rings. The fourth-order valence-electron chi connectivity index (χ4n) is 1.26. The summed E-state index contributed by atoms with van der Waals surface area (Å²) in [6, 6.07) is 20.8. The Labute approximate surface area is 116 Å². The third-order valence-electron chi connectivity index (χ3n) is 2.71. The van der Waals surface area contributed by atoms with Crippen LogP contribution in [-0.4, -0.2) is 11.3 Å². The average molecular weight is 276 g/mol. The molecule has 0 aliphatic heterocycles. The van der Waals surface area contributed by atoms with Gasteiger partial charge in [0.25, 0.3) is 0 Å². The summed E-state index contributed by atoms with van der Waals surface area (Å²) in [4.78, 5) is 0. The summed E-state index contributed by atoms with van der Waals surface area (Å²) in [7, 11) is 5.50. The normalized spacial score (nSPS) is 13.1. The first kappa shape index (κ1) is 15.4. The van der Waals surface area contributed by atoms with Gasteiger partial charge in [0.2, 0.25) is 0 Å². The van der Waals surface area contributed by atoms with Crippen molar-refractivity contribution in [2.45, 2.75) is 25.2 Å². The van der Waals surface area contributed by atoms with Gasteiger partial charge in [-0.25, -0.2) is 0 Å². The minimum atomic E-state index is 0.731. The highest BCUT2D eigenvalue weighted by molar-refractivity contribution is 7.23. The zero-order chi connectivity index (χ0) is 13.4. The standard InChI is InChI=1S/C12H10.C4H12P2/c1-3-7-11(8-4-1)12-9-5-2-6-10-12;1-3(5)4(2)6/h1-10H;3-4H,5-6H2,1-2H3. The van der Waals surface area contributed by atoms with Crippen molar-refractivity contribution in [1.29, 1.82) is 0 Å². The van der Waals surface area contributed by atoms with Crippen molar-refractivity contribution in [3.8, 4) is 11.1 Å². The Hall–Kier alpha value is -0.700. The molecule has 2 aromatic carbocycles. The fourth-order valence-corrected chi connectivity index (χ4v) is 1.26. The van der Waals surface area contributed by atoms with Crippen LogP contribution in [0.1, 0.15) is 13.8 Å². The van der Waals surface area contributed by atoms with E-state index in [1.807, 2.05) is 12.1 Å². The van der Waals surface area contributed by atoms with E-state index in [0.29, 0.717) is 0 Å². The fraction of sp³-hybridized carbons (Fsp3) is 0.250.